The van der Waals surface area contributed by atoms with Crippen LogP contribution in [-0.4, -0.2) is 0 Å². The van der Waals surface area contributed by atoms with Gasteiger partial charge in [0.1, 0.15) is 11.5 Å². The molecule has 0 aliphatic heterocycles. The van der Waals surface area contributed by atoms with E-state index in [4.69, 9.17) is 20.3 Å². The zero-order valence-electron chi connectivity index (χ0n) is 19.6. The molecule has 4 heteroatoms. The maximum atomic E-state index is 6.52. The maximum Gasteiger partial charge on any atom is 0.401 e. The highest BCUT2D eigenvalue weighted by Crippen LogP contribution is 2.48. The lowest BCUT2D eigenvalue weighted by Gasteiger charge is -2.27. The minimum absolute atomic E-state index is 0.0616. The molecule has 29 heavy (non-hydrogen) atoms. The Kier molecular flexibility index (Phi) is 7.03. The molecule has 0 fully saturated rings. The molecule has 0 radical (unpaired) electrons. The topological polar surface area (TPSA) is 18.5 Å². The summed E-state index contributed by atoms with van der Waals surface area (Å²) in [5.74, 6) is 1.55. The fraction of sp³-hybridized carbons (Fsp3) is 0.520. The van der Waals surface area contributed by atoms with Gasteiger partial charge in [-0.05, 0) is 63.2 Å². The first kappa shape index (κ1) is 24.0. The molecule has 0 aliphatic carbocycles. The molecular formula is C25H36ClO2P. The molecule has 0 spiro atoms. The molecule has 0 N–H and O–H groups in total. The predicted molar refractivity (Wildman–Crippen MR) is 128 cm³/mol. The van der Waals surface area contributed by atoms with Crippen LogP contribution in [0.15, 0.2) is 36.4 Å². The lowest BCUT2D eigenvalue weighted by Crippen LogP contribution is -2.17. The SMILES string of the molecule is Cc1cc(C(C)(C)C)ccc1OP(Cl)Oc1ccc(C(C)(C)C)cc1C(C)(C)C. The van der Waals surface area contributed by atoms with E-state index < -0.39 is 7.73 Å². The van der Waals surface area contributed by atoms with E-state index in [2.05, 4.69) is 86.6 Å². The number of aryl methyl sites for hydroxylation is 1. The van der Waals surface area contributed by atoms with Crippen molar-refractivity contribution in [3.05, 3.63) is 58.7 Å². The standard InChI is InChI=1S/C25H36ClO2P/c1-17-15-18(23(2,3)4)11-13-21(17)27-29(26)28-22-14-12-19(24(5,6)7)16-20(22)25(8,9)10/h11-16H,1-10H3. The molecule has 2 nitrogen and oxygen atoms in total. The summed E-state index contributed by atoms with van der Waals surface area (Å²) in [6.45, 7) is 21.9. The van der Waals surface area contributed by atoms with Crippen molar-refractivity contribution in [2.24, 2.45) is 0 Å². The van der Waals surface area contributed by atoms with Crippen LogP contribution in [0.1, 0.15) is 84.6 Å². The summed E-state index contributed by atoms with van der Waals surface area (Å²) in [5, 5.41) is 0. The van der Waals surface area contributed by atoms with E-state index in [9.17, 15) is 0 Å². The van der Waals surface area contributed by atoms with Gasteiger partial charge in [0, 0.05) is 5.56 Å². The van der Waals surface area contributed by atoms with Gasteiger partial charge >= 0.3 is 7.73 Å². The van der Waals surface area contributed by atoms with Crippen LogP contribution in [0.3, 0.4) is 0 Å². The zero-order chi connectivity index (χ0) is 22.2. The van der Waals surface area contributed by atoms with E-state index in [-0.39, 0.29) is 16.2 Å². The fourth-order valence-electron chi connectivity index (χ4n) is 3.05. The summed E-state index contributed by atoms with van der Waals surface area (Å²) in [4.78, 5) is 0. The van der Waals surface area contributed by atoms with Gasteiger partial charge in [0.05, 0.1) is 0 Å². The average Bonchev–Trinajstić information content (AvgIpc) is 2.54. The third-order valence-electron chi connectivity index (χ3n) is 5.03. The lowest BCUT2D eigenvalue weighted by molar-refractivity contribution is 0.482. The molecule has 0 aromatic heterocycles. The molecule has 0 aliphatic rings. The summed E-state index contributed by atoms with van der Waals surface area (Å²) < 4.78 is 12.1. The van der Waals surface area contributed by atoms with Crippen LogP contribution in [0.4, 0.5) is 0 Å². The minimum atomic E-state index is -1.62. The van der Waals surface area contributed by atoms with Crippen molar-refractivity contribution in [1.29, 1.82) is 0 Å². The molecule has 160 valence electrons. The van der Waals surface area contributed by atoms with Crippen LogP contribution in [0.25, 0.3) is 0 Å². The Morgan fingerprint density at radius 3 is 1.55 bits per heavy atom. The van der Waals surface area contributed by atoms with E-state index in [1.807, 2.05) is 19.1 Å². The number of rotatable bonds is 4. The van der Waals surface area contributed by atoms with Gasteiger partial charge in [-0.1, -0.05) is 86.6 Å². The molecule has 0 saturated carbocycles. The highest BCUT2D eigenvalue weighted by molar-refractivity contribution is 7.76. The number of hydrogen-bond donors (Lipinski definition) is 0. The second-order valence-corrected chi connectivity index (χ2v) is 12.5. The smallest absolute Gasteiger partial charge is 0.401 e. The van der Waals surface area contributed by atoms with Crippen molar-refractivity contribution < 1.29 is 9.05 Å². The first-order valence-electron chi connectivity index (χ1n) is 10.2. The molecule has 2 aromatic rings. The van der Waals surface area contributed by atoms with E-state index >= 15 is 0 Å². The average molecular weight is 435 g/mol. The van der Waals surface area contributed by atoms with Gasteiger partial charge in [-0.2, -0.15) is 0 Å². The van der Waals surface area contributed by atoms with Crippen molar-refractivity contribution in [3.63, 3.8) is 0 Å². The molecule has 0 saturated heterocycles. The molecule has 1 unspecified atom stereocenters. The van der Waals surface area contributed by atoms with Gasteiger partial charge in [-0.15, -0.1) is 0 Å². The molecule has 2 aromatic carbocycles. The van der Waals surface area contributed by atoms with E-state index in [0.29, 0.717) is 0 Å². The van der Waals surface area contributed by atoms with Crippen molar-refractivity contribution >= 4 is 19.0 Å². The summed E-state index contributed by atoms with van der Waals surface area (Å²) in [6, 6.07) is 12.6. The first-order valence-corrected chi connectivity index (χ1v) is 12.3. The van der Waals surface area contributed by atoms with Crippen LogP contribution >= 0.6 is 19.0 Å². The largest absolute Gasteiger partial charge is 0.427 e. The number of benzene rings is 2. The van der Waals surface area contributed by atoms with Crippen LogP contribution < -0.4 is 9.05 Å². The molecule has 0 heterocycles. The minimum Gasteiger partial charge on any atom is -0.427 e. The zero-order valence-corrected chi connectivity index (χ0v) is 21.3. The third kappa shape index (κ3) is 6.37. The van der Waals surface area contributed by atoms with Crippen molar-refractivity contribution in [2.75, 3.05) is 0 Å². The van der Waals surface area contributed by atoms with Crippen molar-refractivity contribution in [3.8, 4) is 11.5 Å². The molecule has 0 bridgehead atoms. The number of hydrogen-bond acceptors (Lipinski definition) is 2. The van der Waals surface area contributed by atoms with Gasteiger partial charge in [0.15, 0.2) is 0 Å². The second kappa shape index (κ2) is 8.48. The first-order chi connectivity index (χ1) is 13.1. The molecule has 2 rings (SSSR count). The Morgan fingerprint density at radius 1 is 0.655 bits per heavy atom. The monoisotopic (exact) mass is 434 g/mol. The molecular weight excluding hydrogens is 399 g/mol. The van der Waals surface area contributed by atoms with Crippen LogP contribution in [0.5, 0.6) is 11.5 Å². The Bertz CT molecular complexity index is 855. The molecule has 0 amide bonds. The summed E-state index contributed by atoms with van der Waals surface area (Å²) in [6.07, 6.45) is 0. The number of halogens is 1. The second-order valence-electron chi connectivity index (χ2n) is 10.8. The van der Waals surface area contributed by atoms with Crippen molar-refractivity contribution in [2.45, 2.75) is 85.5 Å². The fourth-order valence-corrected chi connectivity index (χ4v) is 4.21. The van der Waals surface area contributed by atoms with Gasteiger partial charge < -0.3 is 9.05 Å². The van der Waals surface area contributed by atoms with Gasteiger partial charge in [0.25, 0.3) is 0 Å². The Balaban J connectivity index is 2.26. The predicted octanol–water partition coefficient (Wildman–Crippen LogP) is 8.81. The van der Waals surface area contributed by atoms with Gasteiger partial charge in [-0.3, -0.25) is 0 Å². The van der Waals surface area contributed by atoms with Crippen LogP contribution in [0.2, 0.25) is 0 Å². The Labute approximate surface area is 183 Å². The van der Waals surface area contributed by atoms with Crippen LogP contribution in [0, 0.1) is 6.92 Å². The summed E-state index contributed by atoms with van der Waals surface area (Å²) in [5.41, 5.74) is 4.87. The van der Waals surface area contributed by atoms with Gasteiger partial charge in [-0.25, -0.2) is 0 Å². The normalized spacial score (nSPS) is 13.9. The summed E-state index contributed by atoms with van der Waals surface area (Å²) >= 11 is 6.52. The Morgan fingerprint density at radius 2 is 1.10 bits per heavy atom. The van der Waals surface area contributed by atoms with Crippen LogP contribution in [-0.2, 0) is 16.2 Å². The Hall–Kier alpha value is -1.24. The quantitative estimate of drug-likeness (QED) is 0.447. The third-order valence-corrected chi connectivity index (χ3v) is 6.13. The highest BCUT2D eigenvalue weighted by atomic mass is 35.7. The van der Waals surface area contributed by atoms with E-state index in [1.165, 1.54) is 11.1 Å². The van der Waals surface area contributed by atoms with E-state index in [0.717, 1.165) is 22.6 Å². The summed E-state index contributed by atoms with van der Waals surface area (Å²) in [7, 11) is -1.62. The van der Waals surface area contributed by atoms with E-state index in [1.54, 1.807) is 0 Å². The molecule has 1 atom stereocenters. The van der Waals surface area contributed by atoms with Crippen molar-refractivity contribution in [1.82, 2.24) is 0 Å². The maximum absolute atomic E-state index is 6.52. The lowest BCUT2D eigenvalue weighted by atomic mass is 9.80. The highest BCUT2D eigenvalue weighted by Gasteiger charge is 2.25. The van der Waals surface area contributed by atoms with Gasteiger partial charge in [0.2, 0.25) is 0 Å².